The van der Waals surface area contributed by atoms with E-state index in [1.807, 2.05) is 30.0 Å². The van der Waals surface area contributed by atoms with Crippen LogP contribution in [-0.2, 0) is 4.79 Å². The summed E-state index contributed by atoms with van der Waals surface area (Å²) in [6.07, 6.45) is 1.72. The van der Waals surface area contributed by atoms with E-state index in [9.17, 15) is 4.79 Å². The Balaban J connectivity index is 1.58. The molecule has 0 aliphatic carbocycles. The number of aromatic amines is 1. The SMILES string of the molecule is CCN1CCN(C(=O)C(C)Sc2n[nH]c(-c3ccccn3)n2)CC1. The monoisotopic (exact) mass is 346 g/mol. The zero-order chi connectivity index (χ0) is 16.9. The normalized spacial score (nSPS) is 17.0. The molecular formula is C16H22N6OS. The van der Waals surface area contributed by atoms with Crippen molar-refractivity contribution in [3.63, 3.8) is 0 Å². The highest BCUT2D eigenvalue weighted by Gasteiger charge is 2.26. The Hall–Kier alpha value is -1.93. The van der Waals surface area contributed by atoms with E-state index >= 15 is 0 Å². The first-order valence-electron chi connectivity index (χ1n) is 8.19. The van der Waals surface area contributed by atoms with E-state index in [4.69, 9.17) is 0 Å². The van der Waals surface area contributed by atoms with Crippen LogP contribution in [-0.4, -0.2) is 73.8 Å². The van der Waals surface area contributed by atoms with Gasteiger partial charge in [0.2, 0.25) is 11.1 Å². The standard InChI is InChI=1S/C16H22N6OS/c1-3-21-8-10-22(11-9-21)15(23)12(2)24-16-18-14(19-20-16)13-6-4-5-7-17-13/h4-7,12H,3,8-11H2,1-2H3,(H,18,19,20). The van der Waals surface area contributed by atoms with E-state index in [1.54, 1.807) is 6.20 Å². The molecule has 3 rings (SSSR count). The van der Waals surface area contributed by atoms with Crippen molar-refractivity contribution in [2.45, 2.75) is 24.3 Å². The number of amides is 1. The Bertz CT molecular complexity index is 668. The number of nitrogens with one attached hydrogen (secondary N) is 1. The fraction of sp³-hybridized carbons (Fsp3) is 0.500. The van der Waals surface area contributed by atoms with Gasteiger partial charge in [-0.15, -0.1) is 5.10 Å². The van der Waals surface area contributed by atoms with Crippen LogP contribution in [0.3, 0.4) is 0 Å². The molecule has 1 atom stereocenters. The summed E-state index contributed by atoms with van der Waals surface area (Å²) >= 11 is 1.38. The zero-order valence-electron chi connectivity index (χ0n) is 14.0. The van der Waals surface area contributed by atoms with Crippen molar-refractivity contribution in [2.24, 2.45) is 0 Å². The van der Waals surface area contributed by atoms with Crippen molar-refractivity contribution in [3.8, 4) is 11.5 Å². The summed E-state index contributed by atoms with van der Waals surface area (Å²) in [5, 5.41) is 7.45. The fourth-order valence-corrected chi connectivity index (χ4v) is 3.48. The lowest BCUT2D eigenvalue weighted by Crippen LogP contribution is -2.50. The molecule has 1 fully saturated rings. The van der Waals surface area contributed by atoms with E-state index in [0.29, 0.717) is 11.0 Å². The number of thioether (sulfide) groups is 1. The molecule has 1 amide bonds. The first kappa shape index (κ1) is 16.9. The van der Waals surface area contributed by atoms with Crippen molar-refractivity contribution in [2.75, 3.05) is 32.7 Å². The van der Waals surface area contributed by atoms with Gasteiger partial charge in [-0.1, -0.05) is 24.8 Å². The Morgan fingerprint density at radius 2 is 2.12 bits per heavy atom. The first-order valence-corrected chi connectivity index (χ1v) is 9.07. The quantitative estimate of drug-likeness (QED) is 0.827. The number of carbonyl (C=O) groups excluding carboxylic acids is 1. The highest BCUT2D eigenvalue weighted by Crippen LogP contribution is 2.23. The van der Waals surface area contributed by atoms with Gasteiger partial charge in [0.1, 0.15) is 5.69 Å². The predicted molar refractivity (Wildman–Crippen MR) is 93.6 cm³/mol. The van der Waals surface area contributed by atoms with Gasteiger partial charge in [-0.05, 0) is 25.6 Å². The number of hydrogen-bond donors (Lipinski definition) is 1. The smallest absolute Gasteiger partial charge is 0.235 e. The number of rotatable bonds is 5. The molecule has 8 heteroatoms. The molecule has 0 bridgehead atoms. The van der Waals surface area contributed by atoms with Gasteiger partial charge in [0, 0.05) is 32.4 Å². The minimum Gasteiger partial charge on any atom is -0.339 e. The number of carbonyl (C=O) groups is 1. The Morgan fingerprint density at radius 1 is 1.33 bits per heavy atom. The third-order valence-electron chi connectivity index (χ3n) is 4.13. The number of H-pyrrole nitrogens is 1. The molecule has 1 aliphatic rings. The number of piperazine rings is 1. The molecule has 2 aromatic rings. The van der Waals surface area contributed by atoms with Crippen molar-refractivity contribution >= 4 is 17.7 Å². The first-order chi connectivity index (χ1) is 11.7. The van der Waals surface area contributed by atoms with Gasteiger partial charge in [0.15, 0.2) is 5.82 Å². The van der Waals surface area contributed by atoms with Crippen molar-refractivity contribution in [1.29, 1.82) is 0 Å². The van der Waals surface area contributed by atoms with Crippen LogP contribution in [0.1, 0.15) is 13.8 Å². The van der Waals surface area contributed by atoms with E-state index in [-0.39, 0.29) is 11.2 Å². The van der Waals surface area contributed by atoms with Gasteiger partial charge >= 0.3 is 0 Å². The van der Waals surface area contributed by atoms with Crippen LogP contribution in [0.15, 0.2) is 29.6 Å². The van der Waals surface area contributed by atoms with Crippen molar-refractivity contribution in [3.05, 3.63) is 24.4 Å². The second kappa shape index (κ2) is 7.76. The molecule has 1 aliphatic heterocycles. The highest BCUT2D eigenvalue weighted by molar-refractivity contribution is 8.00. The maximum Gasteiger partial charge on any atom is 0.235 e. The summed E-state index contributed by atoms with van der Waals surface area (Å²) < 4.78 is 0. The lowest BCUT2D eigenvalue weighted by Gasteiger charge is -2.35. The number of hydrogen-bond acceptors (Lipinski definition) is 6. The predicted octanol–water partition coefficient (Wildman–Crippen LogP) is 1.51. The number of pyridine rings is 1. The van der Waals surface area contributed by atoms with Gasteiger partial charge in [-0.25, -0.2) is 0 Å². The topological polar surface area (TPSA) is 78.0 Å². The lowest BCUT2D eigenvalue weighted by molar-refractivity contribution is -0.132. The highest BCUT2D eigenvalue weighted by atomic mass is 32.2. The summed E-state index contributed by atoms with van der Waals surface area (Å²) in [5.41, 5.74) is 0.742. The minimum atomic E-state index is -0.203. The fourth-order valence-electron chi connectivity index (χ4n) is 2.67. The van der Waals surface area contributed by atoms with Crippen LogP contribution in [0.25, 0.3) is 11.5 Å². The summed E-state index contributed by atoms with van der Waals surface area (Å²) in [6.45, 7) is 8.60. The maximum atomic E-state index is 12.6. The molecule has 3 heterocycles. The lowest BCUT2D eigenvalue weighted by atomic mass is 10.3. The molecule has 1 saturated heterocycles. The van der Waals surface area contributed by atoms with Gasteiger partial charge in [0.05, 0.1) is 5.25 Å². The van der Waals surface area contributed by atoms with Crippen LogP contribution in [0.5, 0.6) is 0 Å². The van der Waals surface area contributed by atoms with Crippen LogP contribution < -0.4 is 0 Å². The molecular weight excluding hydrogens is 324 g/mol. The van der Waals surface area contributed by atoms with Crippen molar-refractivity contribution in [1.82, 2.24) is 30.0 Å². The number of likely N-dealkylation sites (N-methyl/N-ethyl adjacent to an activating group) is 1. The molecule has 0 spiro atoms. The van der Waals surface area contributed by atoms with E-state index in [0.717, 1.165) is 38.4 Å². The number of nitrogens with zero attached hydrogens (tertiary/aromatic N) is 5. The molecule has 0 aromatic carbocycles. The van der Waals surface area contributed by atoms with Crippen LogP contribution >= 0.6 is 11.8 Å². The van der Waals surface area contributed by atoms with Crippen molar-refractivity contribution < 1.29 is 4.79 Å². The Kier molecular flexibility index (Phi) is 5.47. The maximum absolute atomic E-state index is 12.6. The summed E-state index contributed by atoms with van der Waals surface area (Å²) in [6, 6.07) is 5.63. The number of aromatic nitrogens is 4. The largest absolute Gasteiger partial charge is 0.339 e. The molecule has 0 radical (unpaired) electrons. The average molecular weight is 346 g/mol. The minimum absolute atomic E-state index is 0.153. The summed E-state index contributed by atoms with van der Waals surface area (Å²) in [5.74, 6) is 0.772. The molecule has 7 nitrogen and oxygen atoms in total. The molecule has 128 valence electrons. The van der Waals surface area contributed by atoms with Gasteiger partial charge in [0.25, 0.3) is 0 Å². The van der Waals surface area contributed by atoms with Crippen LogP contribution in [0.4, 0.5) is 0 Å². The molecule has 2 aromatic heterocycles. The van der Waals surface area contributed by atoms with E-state index in [2.05, 4.69) is 32.0 Å². The average Bonchev–Trinajstić information content (AvgIpc) is 3.10. The van der Waals surface area contributed by atoms with Gasteiger partial charge in [-0.3, -0.25) is 14.9 Å². The van der Waals surface area contributed by atoms with Gasteiger partial charge < -0.3 is 9.80 Å². The Morgan fingerprint density at radius 3 is 2.79 bits per heavy atom. The molecule has 1 N–H and O–H groups in total. The van der Waals surface area contributed by atoms with Crippen LogP contribution in [0.2, 0.25) is 0 Å². The zero-order valence-corrected chi connectivity index (χ0v) is 14.8. The second-order valence-electron chi connectivity index (χ2n) is 5.70. The third-order valence-corrected chi connectivity index (χ3v) is 5.08. The summed E-state index contributed by atoms with van der Waals surface area (Å²) in [4.78, 5) is 25.6. The molecule has 0 saturated carbocycles. The van der Waals surface area contributed by atoms with E-state index < -0.39 is 0 Å². The molecule has 1 unspecified atom stereocenters. The summed E-state index contributed by atoms with van der Waals surface area (Å²) in [7, 11) is 0. The van der Waals surface area contributed by atoms with Gasteiger partial charge in [-0.2, -0.15) is 4.98 Å². The van der Waals surface area contributed by atoms with E-state index in [1.165, 1.54) is 11.8 Å². The molecule has 24 heavy (non-hydrogen) atoms. The van der Waals surface area contributed by atoms with Crippen LogP contribution in [0, 0.1) is 0 Å². The Labute approximate surface area is 145 Å². The second-order valence-corrected chi connectivity index (χ2v) is 7.01. The third kappa shape index (κ3) is 3.93.